The zero-order valence-electron chi connectivity index (χ0n) is 14.3. The van der Waals surface area contributed by atoms with Gasteiger partial charge in [0.05, 0.1) is 0 Å². The Labute approximate surface area is 170 Å². The van der Waals surface area contributed by atoms with E-state index in [0.717, 1.165) is 0 Å². The Morgan fingerprint density at radius 1 is 0.308 bits per heavy atom. The van der Waals surface area contributed by atoms with E-state index < -0.39 is 43.5 Å². The van der Waals surface area contributed by atoms with Crippen LogP contribution < -0.4 is 19.6 Å². The molecule has 1 aliphatic heterocycles. The van der Waals surface area contributed by atoms with Crippen molar-refractivity contribution >= 4 is 63.1 Å². The van der Waals surface area contributed by atoms with Crippen LogP contribution in [-0.4, -0.2) is 43.5 Å². The predicted octanol–water partition coefficient (Wildman–Crippen LogP) is 1.03. The number of rotatable bonds is 2. The summed E-state index contributed by atoms with van der Waals surface area (Å²) in [5.41, 5.74) is 0. The average molecular weight is 724 g/mol. The molecule has 2 heteroatoms. The van der Waals surface area contributed by atoms with E-state index in [1.807, 2.05) is 0 Å². The van der Waals surface area contributed by atoms with Gasteiger partial charge in [0.2, 0.25) is 0 Å². The maximum atomic E-state index is 2.45. The summed E-state index contributed by atoms with van der Waals surface area (Å²) in [7, 11) is 0. The first kappa shape index (κ1) is 16.8. The standard InChI is InChI=1S/2C6H5.2C6H4.2Bi/c4*1-2-4-6-5-3-1;;/h2*1-5H;2*1-4H;;. The molecule has 26 heavy (non-hydrogen) atoms. The summed E-state index contributed by atoms with van der Waals surface area (Å²) in [6.07, 6.45) is 0. The third-order valence-electron chi connectivity index (χ3n) is 4.76. The molecule has 1 aliphatic rings. The zero-order valence-corrected chi connectivity index (χ0v) is 21.2. The van der Waals surface area contributed by atoms with Gasteiger partial charge in [0.15, 0.2) is 0 Å². The first-order valence-electron chi connectivity index (χ1n) is 8.82. The van der Waals surface area contributed by atoms with Gasteiger partial charge in [0.1, 0.15) is 0 Å². The fourth-order valence-corrected chi connectivity index (χ4v) is 35.7. The molecule has 0 N–H and O–H groups in total. The van der Waals surface area contributed by atoms with E-state index in [1.165, 1.54) is 0 Å². The number of fused-ring (bicyclic) bond motifs is 2. The van der Waals surface area contributed by atoms with Gasteiger partial charge < -0.3 is 0 Å². The molecular weight excluding hydrogens is 706 g/mol. The summed E-state index contributed by atoms with van der Waals surface area (Å²) in [5, 5.41) is 0. The van der Waals surface area contributed by atoms with Crippen molar-refractivity contribution in [2.24, 2.45) is 0 Å². The first-order chi connectivity index (χ1) is 12.9. The number of hydrogen-bond donors (Lipinski definition) is 0. The Hall–Kier alpha value is -1.35. The quantitative estimate of drug-likeness (QED) is 0.239. The van der Waals surface area contributed by atoms with E-state index in [2.05, 4.69) is 109 Å². The van der Waals surface area contributed by atoms with Crippen molar-refractivity contribution in [2.75, 3.05) is 0 Å². The Morgan fingerprint density at radius 2 is 0.577 bits per heavy atom. The topological polar surface area (TPSA) is 0 Å². The summed E-state index contributed by atoms with van der Waals surface area (Å²) in [5.74, 6) is 0. The van der Waals surface area contributed by atoms with Crippen LogP contribution in [0, 0.1) is 0 Å². The first-order valence-corrected chi connectivity index (χ1v) is 19.2. The number of hydrogen-bond acceptors (Lipinski definition) is 0. The summed E-state index contributed by atoms with van der Waals surface area (Å²) >= 11 is -4.40. The van der Waals surface area contributed by atoms with Gasteiger partial charge in [-0.2, -0.15) is 0 Å². The summed E-state index contributed by atoms with van der Waals surface area (Å²) < 4.78 is 10.1. The predicted molar refractivity (Wildman–Crippen MR) is 115 cm³/mol. The molecule has 4 aromatic rings. The fourth-order valence-electron chi connectivity index (χ4n) is 3.65. The molecule has 0 aliphatic carbocycles. The molecule has 0 saturated carbocycles. The van der Waals surface area contributed by atoms with Crippen molar-refractivity contribution in [3.63, 3.8) is 0 Å². The van der Waals surface area contributed by atoms with Crippen LogP contribution in [0.3, 0.4) is 0 Å². The fraction of sp³-hybridized carbons (Fsp3) is 0. The van der Waals surface area contributed by atoms with Gasteiger partial charge in [-0.05, 0) is 0 Å². The molecule has 0 saturated heterocycles. The van der Waals surface area contributed by atoms with E-state index in [4.69, 9.17) is 0 Å². The van der Waals surface area contributed by atoms with Crippen molar-refractivity contribution in [1.29, 1.82) is 0 Å². The molecule has 0 amide bonds. The average Bonchev–Trinajstić information content (AvgIpc) is 2.73. The van der Waals surface area contributed by atoms with Crippen molar-refractivity contribution < 1.29 is 0 Å². The number of benzene rings is 4. The van der Waals surface area contributed by atoms with Gasteiger partial charge >= 0.3 is 172 Å². The molecule has 0 unspecified atom stereocenters. The summed E-state index contributed by atoms with van der Waals surface area (Å²) in [6, 6.07) is 41.4. The van der Waals surface area contributed by atoms with Crippen molar-refractivity contribution in [2.45, 2.75) is 0 Å². The second kappa shape index (κ2) is 7.34. The van der Waals surface area contributed by atoms with Crippen LogP contribution in [0.4, 0.5) is 0 Å². The normalized spacial score (nSPS) is 13.8. The van der Waals surface area contributed by atoms with Crippen molar-refractivity contribution in [1.82, 2.24) is 0 Å². The second-order valence-electron chi connectivity index (χ2n) is 6.32. The van der Waals surface area contributed by atoms with Crippen LogP contribution in [0.15, 0.2) is 109 Å². The van der Waals surface area contributed by atoms with Crippen LogP contribution in [0.1, 0.15) is 0 Å². The Balaban J connectivity index is 1.80. The van der Waals surface area contributed by atoms with Crippen LogP contribution in [0.5, 0.6) is 0 Å². The Kier molecular flexibility index (Phi) is 4.74. The molecule has 4 aromatic carbocycles. The third kappa shape index (κ3) is 2.89. The Bertz CT molecular complexity index is 909. The molecule has 5 rings (SSSR count). The van der Waals surface area contributed by atoms with Crippen LogP contribution >= 0.6 is 0 Å². The molecule has 0 bridgehead atoms. The molecular formula is C24H18Bi2. The molecule has 0 aromatic heterocycles. The van der Waals surface area contributed by atoms with Crippen molar-refractivity contribution in [3.05, 3.63) is 109 Å². The van der Waals surface area contributed by atoms with E-state index in [-0.39, 0.29) is 0 Å². The van der Waals surface area contributed by atoms with Gasteiger partial charge in [-0.1, -0.05) is 0 Å². The SMILES string of the molecule is c1cc[c]([Bi]2[c]3cccc[c]3[Bi]([c]3ccccc3)[c]3cccc[c]32)cc1. The van der Waals surface area contributed by atoms with Crippen molar-refractivity contribution in [3.8, 4) is 0 Å². The molecule has 0 spiro atoms. The molecule has 0 radical (unpaired) electrons. The molecule has 0 atom stereocenters. The van der Waals surface area contributed by atoms with Crippen LogP contribution in [-0.2, 0) is 0 Å². The van der Waals surface area contributed by atoms with Gasteiger partial charge in [0, 0.05) is 0 Å². The second-order valence-corrected chi connectivity index (χ2v) is 23.0. The molecule has 124 valence electrons. The minimum atomic E-state index is -2.20. The minimum absolute atomic E-state index is 1.60. The van der Waals surface area contributed by atoms with E-state index in [1.54, 1.807) is 19.6 Å². The monoisotopic (exact) mass is 724 g/mol. The third-order valence-corrected chi connectivity index (χ3v) is 30.5. The molecule has 1 heterocycles. The van der Waals surface area contributed by atoms with Gasteiger partial charge in [-0.15, -0.1) is 0 Å². The van der Waals surface area contributed by atoms with Crippen LogP contribution in [0.25, 0.3) is 0 Å². The van der Waals surface area contributed by atoms with E-state index >= 15 is 0 Å². The van der Waals surface area contributed by atoms with Crippen LogP contribution in [0.2, 0.25) is 0 Å². The van der Waals surface area contributed by atoms with Gasteiger partial charge in [-0.3, -0.25) is 0 Å². The molecule has 0 nitrogen and oxygen atoms in total. The summed E-state index contributed by atoms with van der Waals surface area (Å²) in [4.78, 5) is 0. The zero-order chi connectivity index (χ0) is 17.3. The maximum absolute atomic E-state index is 2.45. The Morgan fingerprint density at radius 3 is 0.885 bits per heavy atom. The summed E-state index contributed by atoms with van der Waals surface area (Å²) in [6.45, 7) is 0. The molecule has 0 fully saturated rings. The van der Waals surface area contributed by atoms with E-state index in [9.17, 15) is 0 Å². The van der Waals surface area contributed by atoms with Gasteiger partial charge in [-0.25, -0.2) is 0 Å². The van der Waals surface area contributed by atoms with E-state index in [0.29, 0.717) is 0 Å². The van der Waals surface area contributed by atoms with Gasteiger partial charge in [0.25, 0.3) is 0 Å².